The first-order valence-corrected chi connectivity index (χ1v) is 6.21. The van der Waals surface area contributed by atoms with E-state index in [4.69, 9.17) is 14.9 Å². The van der Waals surface area contributed by atoms with Crippen LogP contribution in [0, 0.1) is 0 Å². The minimum atomic E-state index is -0.412. The van der Waals surface area contributed by atoms with Gasteiger partial charge in [-0.15, -0.1) is 0 Å². The summed E-state index contributed by atoms with van der Waals surface area (Å²) in [5, 5.41) is 18.1. The lowest BCUT2D eigenvalue weighted by Crippen LogP contribution is -2.03. The van der Waals surface area contributed by atoms with Gasteiger partial charge in [-0.25, -0.2) is 0 Å². The maximum Gasteiger partial charge on any atom is 0.309 e. The molecule has 0 aliphatic carbocycles. The van der Waals surface area contributed by atoms with Crippen LogP contribution in [0.2, 0.25) is 0 Å². The van der Waals surface area contributed by atoms with Gasteiger partial charge >= 0.3 is 5.97 Å². The minimum Gasteiger partial charge on any atom is -0.508 e. The molecule has 5 nitrogen and oxygen atoms in total. The molecule has 1 heterocycles. The van der Waals surface area contributed by atoms with Gasteiger partial charge in [0.1, 0.15) is 11.5 Å². The summed E-state index contributed by atoms with van der Waals surface area (Å²) in [6.45, 7) is 3.11. The zero-order chi connectivity index (χ0) is 14.3. The molecule has 0 bridgehead atoms. The maximum absolute atomic E-state index is 10.8. The van der Waals surface area contributed by atoms with Gasteiger partial charge in [-0.3, -0.25) is 4.79 Å². The highest BCUT2D eigenvalue weighted by Crippen LogP contribution is 2.20. The summed E-state index contributed by atoms with van der Waals surface area (Å²) in [7, 11) is 1.28. The van der Waals surface area contributed by atoms with E-state index in [9.17, 15) is 4.79 Å². The Balaban J connectivity index is 0.000000250. The van der Waals surface area contributed by atoms with E-state index in [2.05, 4.69) is 11.7 Å². The lowest BCUT2D eigenvalue weighted by Gasteiger charge is -2.01. The van der Waals surface area contributed by atoms with E-state index >= 15 is 0 Å². The second kappa shape index (κ2) is 7.63. The second-order valence-corrected chi connectivity index (χ2v) is 4.43. The Kier molecular flexibility index (Phi) is 6.15. The van der Waals surface area contributed by atoms with Crippen LogP contribution in [0.3, 0.4) is 0 Å². The number of esters is 1. The summed E-state index contributed by atoms with van der Waals surface area (Å²) < 4.78 is 9.58. The number of ether oxygens (including phenoxy) is 2. The molecule has 2 rings (SSSR count). The smallest absolute Gasteiger partial charge is 0.309 e. The first-order chi connectivity index (χ1) is 9.01. The van der Waals surface area contributed by atoms with Crippen molar-refractivity contribution in [2.75, 3.05) is 13.7 Å². The number of carbonyl (C=O) groups excluding carboxylic acids is 1. The predicted molar refractivity (Wildman–Crippen MR) is 70.1 cm³/mol. The van der Waals surface area contributed by atoms with Gasteiger partial charge in [-0.05, 0) is 37.5 Å². The summed E-state index contributed by atoms with van der Waals surface area (Å²) in [6, 6.07) is 3.99. The van der Waals surface area contributed by atoms with Crippen molar-refractivity contribution in [2.45, 2.75) is 32.3 Å². The van der Waals surface area contributed by atoms with E-state index in [0.717, 1.165) is 6.61 Å². The Morgan fingerprint density at radius 3 is 2.37 bits per heavy atom. The predicted octanol–water partition coefficient (Wildman–Crippen LogP) is 2.00. The fourth-order valence-corrected chi connectivity index (χ4v) is 1.74. The molecule has 1 fully saturated rings. The molecule has 1 aliphatic heterocycles. The van der Waals surface area contributed by atoms with Crippen LogP contribution >= 0.6 is 0 Å². The third-order valence-electron chi connectivity index (χ3n) is 2.70. The maximum atomic E-state index is 10.8. The fourth-order valence-electron chi connectivity index (χ4n) is 1.74. The van der Waals surface area contributed by atoms with Crippen LogP contribution < -0.4 is 0 Å². The van der Waals surface area contributed by atoms with E-state index in [0.29, 0.717) is 11.7 Å². The standard InChI is InChI=1S/C9H10O4.C5H10O/c1-13-9(12)4-6-2-7(10)5-8(11)3-6;1-5-3-2-4-6-5/h2-3,5,10-11H,4H2,1H3;5H,2-4H2,1H3. The zero-order valence-electron chi connectivity index (χ0n) is 11.3. The number of phenols is 2. The van der Waals surface area contributed by atoms with Crippen LogP contribution in [0.4, 0.5) is 0 Å². The Morgan fingerprint density at radius 1 is 1.37 bits per heavy atom. The van der Waals surface area contributed by atoms with Crippen molar-refractivity contribution in [2.24, 2.45) is 0 Å². The molecular weight excluding hydrogens is 248 g/mol. The highest BCUT2D eigenvalue weighted by atomic mass is 16.5. The average Bonchev–Trinajstić information content (AvgIpc) is 2.79. The van der Waals surface area contributed by atoms with Gasteiger partial charge in [-0.2, -0.15) is 0 Å². The highest BCUT2D eigenvalue weighted by molar-refractivity contribution is 5.72. The van der Waals surface area contributed by atoms with Gasteiger partial charge in [-0.1, -0.05) is 0 Å². The van der Waals surface area contributed by atoms with Crippen LogP contribution in [0.15, 0.2) is 18.2 Å². The van der Waals surface area contributed by atoms with Gasteiger partial charge in [0, 0.05) is 12.7 Å². The number of carbonyl (C=O) groups is 1. The molecule has 2 N–H and O–H groups in total. The van der Waals surface area contributed by atoms with Crippen LogP contribution in [0.25, 0.3) is 0 Å². The van der Waals surface area contributed by atoms with Gasteiger partial charge in [0.15, 0.2) is 0 Å². The van der Waals surface area contributed by atoms with Crippen LogP contribution in [0.1, 0.15) is 25.3 Å². The van der Waals surface area contributed by atoms with Crippen molar-refractivity contribution >= 4 is 5.97 Å². The Bertz CT molecular complexity index is 390. The summed E-state index contributed by atoms with van der Waals surface area (Å²) in [4.78, 5) is 10.8. The molecule has 19 heavy (non-hydrogen) atoms. The average molecular weight is 268 g/mol. The minimum absolute atomic E-state index is 0.0401. The number of phenolic OH excluding ortho intramolecular Hbond substituents is 2. The molecule has 0 spiro atoms. The normalized spacial score (nSPS) is 17.5. The van der Waals surface area contributed by atoms with Crippen molar-refractivity contribution in [3.63, 3.8) is 0 Å². The molecule has 5 heteroatoms. The summed E-state index contributed by atoms with van der Waals surface area (Å²) in [5.41, 5.74) is 0.518. The third-order valence-corrected chi connectivity index (χ3v) is 2.70. The number of hydrogen-bond acceptors (Lipinski definition) is 5. The Morgan fingerprint density at radius 2 is 2.00 bits per heavy atom. The molecule has 1 aromatic carbocycles. The molecular formula is C14H20O5. The quantitative estimate of drug-likeness (QED) is 0.802. The van der Waals surface area contributed by atoms with Crippen LogP contribution in [-0.4, -0.2) is 36.0 Å². The molecule has 1 saturated heterocycles. The van der Waals surface area contributed by atoms with E-state index in [-0.39, 0.29) is 17.9 Å². The van der Waals surface area contributed by atoms with E-state index in [1.165, 1.54) is 38.2 Å². The molecule has 0 aromatic heterocycles. The summed E-state index contributed by atoms with van der Waals surface area (Å²) in [6.07, 6.45) is 3.12. The molecule has 1 aromatic rings. The van der Waals surface area contributed by atoms with Crippen LogP contribution in [-0.2, 0) is 20.7 Å². The number of methoxy groups -OCH3 is 1. The molecule has 1 unspecified atom stereocenters. The van der Waals surface area contributed by atoms with Crippen molar-refractivity contribution < 1.29 is 24.5 Å². The second-order valence-electron chi connectivity index (χ2n) is 4.43. The molecule has 0 radical (unpaired) electrons. The van der Waals surface area contributed by atoms with Gasteiger partial charge < -0.3 is 19.7 Å². The first-order valence-electron chi connectivity index (χ1n) is 6.21. The molecule has 106 valence electrons. The summed E-state index contributed by atoms with van der Waals surface area (Å²) in [5.74, 6) is -0.553. The van der Waals surface area contributed by atoms with Gasteiger partial charge in [0.05, 0.1) is 19.6 Å². The van der Waals surface area contributed by atoms with E-state index in [1.54, 1.807) is 0 Å². The highest BCUT2D eigenvalue weighted by Gasteiger charge is 2.07. The monoisotopic (exact) mass is 268 g/mol. The summed E-state index contributed by atoms with van der Waals surface area (Å²) >= 11 is 0. The van der Waals surface area contributed by atoms with Crippen molar-refractivity contribution in [1.29, 1.82) is 0 Å². The lowest BCUT2D eigenvalue weighted by molar-refractivity contribution is -0.139. The van der Waals surface area contributed by atoms with E-state index in [1.807, 2.05) is 0 Å². The topological polar surface area (TPSA) is 76.0 Å². The molecule has 0 saturated carbocycles. The van der Waals surface area contributed by atoms with Crippen molar-refractivity contribution in [3.8, 4) is 11.5 Å². The number of rotatable bonds is 2. The Hall–Kier alpha value is -1.75. The lowest BCUT2D eigenvalue weighted by atomic mass is 10.1. The van der Waals surface area contributed by atoms with Gasteiger partial charge in [0.25, 0.3) is 0 Å². The number of aromatic hydroxyl groups is 2. The number of benzene rings is 1. The fraction of sp³-hybridized carbons (Fsp3) is 0.500. The van der Waals surface area contributed by atoms with E-state index < -0.39 is 5.97 Å². The molecule has 1 atom stereocenters. The largest absolute Gasteiger partial charge is 0.508 e. The zero-order valence-corrected chi connectivity index (χ0v) is 11.3. The molecule has 0 amide bonds. The first kappa shape index (κ1) is 15.3. The Labute approximate surface area is 112 Å². The van der Waals surface area contributed by atoms with Gasteiger partial charge in [0.2, 0.25) is 0 Å². The van der Waals surface area contributed by atoms with Crippen molar-refractivity contribution in [3.05, 3.63) is 23.8 Å². The van der Waals surface area contributed by atoms with Crippen molar-refractivity contribution in [1.82, 2.24) is 0 Å². The van der Waals surface area contributed by atoms with Crippen LogP contribution in [0.5, 0.6) is 11.5 Å². The number of hydrogen-bond donors (Lipinski definition) is 2. The third kappa shape index (κ3) is 6.10. The molecule has 1 aliphatic rings. The SMILES string of the molecule is CC1CCCO1.COC(=O)Cc1cc(O)cc(O)c1.